The summed E-state index contributed by atoms with van der Waals surface area (Å²) in [4.78, 5) is 22.5. The SMILES string of the molecule is CC(C)(CNC(=O)CC1CSCCS1)C(=O)O. The van der Waals surface area contributed by atoms with Gasteiger partial charge >= 0.3 is 5.97 Å². The van der Waals surface area contributed by atoms with Crippen molar-refractivity contribution in [2.45, 2.75) is 25.5 Å². The van der Waals surface area contributed by atoms with E-state index in [0.29, 0.717) is 11.7 Å². The average molecular weight is 277 g/mol. The Hall–Kier alpha value is -0.360. The topological polar surface area (TPSA) is 66.4 Å². The van der Waals surface area contributed by atoms with Gasteiger partial charge in [0.2, 0.25) is 5.91 Å². The molecule has 0 bridgehead atoms. The van der Waals surface area contributed by atoms with Gasteiger partial charge in [0.05, 0.1) is 5.41 Å². The molecule has 1 unspecified atom stereocenters. The molecule has 0 spiro atoms. The van der Waals surface area contributed by atoms with Crippen LogP contribution in [0.4, 0.5) is 0 Å². The highest BCUT2D eigenvalue weighted by Gasteiger charge is 2.28. The van der Waals surface area contributed by atoms with Crippen molar-refractivity contribution in [1.82, 2.24) is 5.32 Å². The Balaban J connectivity index is 2.27. The molecule has 1 amide bonds. The van der Waals surface area contributed by atoms with Crippen LogP contribution in [0.1, 0.15) is 20.3 Å². The first-order valence-electron chi connectivity index (χ1n) is 5.61. The largest absolute Gasteiger partial charge is 0.481 e. The van der Waals surface area contributed by atoms with Gasteiger partial charge < -0.3 is 10.4 Å². The molecule has 2 N–H and O–H groups in total. The van der Waals surface area contributed by atoms with Crippen LogP contribution in [-0.4, -0.2) is 46.0 Å². The minimum atomic E-state index is -0.899. The Labute approximate surface area is 110 Å². The van der Waals surface area contributed by atoms with Gasteiger partial charge in [-0.3, -0.25) is 9.59 Å². The van der Waals surface area contributed by atoms with Crippen molar-refractivity contribution >= 4 is 35.4 Å². The Bertz CT molecular complexity index is 288. The molecule has 1 heterocycles. The first kappa shape index (κ1) is 14.7. The number of nitrogens with one attached hydrogen (secondary N) is 1. The van der Waals surface area contributed by atoms with E-state index in [2.05, 4.69) is 5.32 Å². The van der Waals surface area contributed by atoms with Gasteiger partial charge in [0, 0.05) is 35.5 Å². The summed E-state index contributed by atoms with van der Waals surface area (Å²) >= 11 is 3.71. The molecule has 0 aromatic carbocycles. The minimum absolute atomic E-state index is 0.0423. The maximum absolute atomic E-state index is 11.7. The number of aliphatic carboxylic acids is 1. The summed E-state index contributed by atoms with van der Waals surface area (Å²) in [6, 6.07) is 0. The summed E-state index contributed by atoms with van der Waals surface area (Å²) in [6.07, 6.45) is 0.493. The number of hydrogen-bond donors (Lipinski definition) is 2. The van der Waals surface area contributed by atoms with Crippen molar-refractivity contribution < 1.29 is 14.7 Å². The fourth-order valence-corrected chi connectivity index (χ4v) is 4.01. The van der Waals surface area contributed by atoms with Gasteiger partial charge in [0.1, 0.15) is 0 Å². The molecule has 1 atom stereocenters. The van der Waals surface area contributed by atoms with Crippen molar-refractivity contribution in [2.24, 2.45) is 5.41 Å². The second kappa shape index (κ2) is 6.54. The number of carbonyl (C=O) groups is 2. The molecular formula is C11H19NO3S2. The summed E-state index contributed by atoms with van der Waals surface area (Å²) in [5.74, 6) is 2.35. The standard InChI is InChI=1S/C11H19NO3S2/c1-11(2,10(14)15)7-12-9(13)5-8-6-16-3-4-17-8/h8H,3-7H2,1-2H3,(H,12,13)(H,14,15). The quantitative estimate of drug-likeness (QED) is 0.796. The first-order valence-corrected chi connectivity index (χ1v) is 7.81. The van der Waals surface area contributed by atoms with Gasteiger partial charge in [-0.15, -0.1) is 0 Å². The number of carboxylic acid groups (broad SMARTS) is 1. The summed E-state index contributed by atoms with van der Waals surface area (Å²) in [5, 5.41) is 12.0. The maximum atomic E-state index is 11.7. The lowest BCUT2D eigenvalue weighted by Crippen LogP contribution is -2.40. The molecule has 0 radical (unpaired) electrons. The van der Waals surface area contributed by atoms with Crippen molar-refractivity contribution in [3.8, 4) is 0 Å². The van der Waals surface area contributed by atoms with Crippen LogP contribution in [-0.2, 0) is 9.59 Å². The maximum Gasteiger partial charge on any atom is 0.310 e. The van der Waals surface area contributed by atoms with Crippen LogP contribution in [0, 0.1) is 5.41 Å². The molecule has 98 valence electrons. The second-order valence-electron chi connectivity index (χ2n) is 4.74. The third kappa shape index (κ3) is 5.21. The van der Waals surface area contributed by atoms with Gasteiger partial charge in [-0.25, -0.2) is 0 Å². The van der Waals surface area contributed by atoms with Crippen molar-refractivity contribution in [2.75, 3.05) is 23.8 Å². The zero-order valence-corrected chi connectivity index (χ0v) is 11.8. The van der Waals surface area contributed by atoms with E-state index in [9.17, 15) is 9.59 Å². The van der Waals surface area contributed by atoms with E-state index >= 15 is 0 Å². The molecule has 1 saturated heterocycles. The van der Waals surface area contributed by atoms with E-state index in [1.807, 2.05) is 23.5 Å². The summed E-state index contributed by atoms with van der Waals surface area (Å²) in [5.41, 5.74) is -0.899. The fraction of sp³-hybridized carbons (Fsp3) is 0.818. The Morgan fingerprint density at radius 1 is 1.41 bits per heavy atom. The third-order valence-electron chi connectivity index (χ3n) is 2.60. The lowest BCUT2D eigenvalue weighted by atomic mass is 9.94. The van der Waals surface area contributed by atoms with Gasteiger partial charge in [-0.2, -0.15) is 23.5 Å². The zero-order valence-electron chi connectivity index (χ0n) is 10.2. The number of rotatable bonds is 5. The number of carbonyl (C=O) groups excluding carboxylic acids is 1. The lowest BCUT2D eigenvalue weighted by molar-refractivity contribution is -0.146. The molecule has 17 heavy (non-hydrogen) atoms. The van der Waals surface area contributed by atoms with Crippen LogP contribution in [0.5, 0.6) is 0 Å². The van der Waals surface area contributed by atoms with E-state index in [1.54, 1.807) is 13.8 Å². The van der Waals surface area contributed by atoms with Crippen molar-refractivity contribution in [3.05, 3.63) is 0 Å². The molecule has 1 aliphatic heterocycles. The number of carboxylic acids is 1. The molecule has 1 aliphatic rings. The monoisotopic (exact) mass is 277 g/mol. The van der Waals surface area contributed by atoms with Crippen LogP contribution < -0.4 is 5.32 Å². The molecule has 1 rings (SSSR count). The van der Waals surface area contributed by atoms with E-state index in [0.717, 1.165) is 17.3 Å². The number of thioether (sulfide) groups is 2. The molecule has 0 aliphatic carbocycles. The molecule has 0 saturated carbocycles. The molecule has 6 heteroatoms. The van der Waals surface area contributed by atoms with Crippen LogP contribution >= 0.6 is 23.5 Å². The van der Waals surface area contributed by atoms with Gasteiger partial charge in [-0.1, -0.05) is 0 Å². The minimum Gasteiger partial charge on any atom is -0.481 e. The normalized spacial score (nSPS) is 20.9. The Morgan fingerprint density at radius 2 is 2.12 bits per heavy atom. The summed E-state index contributed by atoms with van der Waals surface area (Å²) < 4.78 is 0. The van der Waals surface area contributed by atoms with Crippen LogP contribution in [0.25, 0.3) is 0 Å². The zero-order chi connectivity index (χ0) is 12.9. The van der Waals surface area contributed by atoms with Crippen molar-refractivity contribution in [3.63, 3.8) is 0 Å². The number of amides is 1. The third-order valence-corrected chi connectivity index (χ3v) is 5.45. The van der Waals surface area contributed by atoms with Crippen molar-refractivity contribution in [1.29, 1.82) is 0 Å². The van der Waals surface area contributed by atoms with Gasteiger partial charge in [0.25, 0.3) is 0 Å². The Morgan fingerprint density at radius 3 is 2.65 bits per heavy atom. The molecule has 1 fully saturated rings. The highest BCUT2D eigenvalue weighted by atomic mass is 32.2. The second-order valence-corrected chi connectivity index (χ2v) is 7.30. The van der Waals surface area contributed by atoms with Gasteiger partial charge in [-0.05, 0) is 13.8 Å². The summed E-state index contributed by atoms with van der Waals surface area (Å²) in [7, 11) is 0. The Kier molecular flexibility index (Phi) is 5.66. The fourth-order valence-electron chi connectivity index (χ4n) is 1.33. The highest BCUT2D eigenvalue weighted by molar-refractivity contribution is 8.06. The molecule has 4 nitrogen and oxygen atoms in total. The average Bonchev–Trinajstić information content (AvgIpc) is 2.28. The van der Waals surface area contributed by atoms with Gasteiger partial charge in [0.15, 0.2) is 0 Å². The van der Waals surface area contributed by atoms with Crippen LogP contribution in [0.3, 0.4) is 0 Å². The smallest absolute Gasteiger partial charge is 0.310 e. The molecule has 0 aromatic rings. The molecular weight excluding hydrogens is 258 g/mol. The predicted octanol–water partition coefficient (Wildman–Crippen LogP) is 1.45. The van der Waals surface area contributed by atoms with Crippen LogP contribution in [0.2, 0.25) is 0 Å². The highest BCUT2D eigenvalue weighted by Crippen LogP contribution is 2.26. The summed E-state index contributed by atoms with van der Waals surface area (Å²) in [6.45, 7) is 3.41. The van der Waals surface area contributed by atoms with E-state index in [1.165, 1.54) is 0 Å². The lowest BCUT2D eigenvalue weighted by Gasteiger charge is -2.22. The molecule has 0 aromatic heterocycles. The van der Waals surface area contributed by atoms with E-state index in [-0.39, 0.29) is 12.5 Å². The van der Waals surface area contributed by atoms with E-state index < -0.39 is 11.4 Å². The van der Waals surface area contributed by atoms with E-state index in [4.69, 9.17) is 5.11 Å². The van der Waals surface area contributed by atoms with Crippen LogP contribution in [0.15, 0.2) is 0 Å². The number of hydrogen-bond acceptors (Lipinski definition) is 4. The predicted molar refractivity (Wildman–Crippen MR) is 72.6 cm³/mol. The first-order chi connectivity index (χ1) is 7.92.